The van der Waals surface area contributed by atoms with Gasteiger partial charge in [0.25, 0.3) is 0 Å². The van der Waals surface area contributed by atoms with Gasteiger partial charge in [-0.15, -0.1) is 0 Å². The lowest BCUT2D eigenvalue weighted by molar-refractivity contribution is 0.00484. The molecule has 0 aromatic carbocycles. The first-order valence-corrected chi connectivity index (χ1v) is 8.51. The van der Waals surface area contributed by atoms with Crippen LogP contribution in [0.25, 0.3) is 5.70 Å². The van der Waals surface area contributed by atoms with E-state index in [0.717, 1.165) is 45.0 Å². The lowest BCUT2D eigenvalue weighted by Crippen LogP contribution is -2.48. The molecule has 2 fully saturated rings. The summed E-state index contributed by atoms with van der Waals surface area (Å²) >= 11 is 0. The van der Waals surface area contributed by atoms with Gasteiger partial charge in [0.2, 0.25) is 0 Å². The van der Waals surface area contributed by atoms with Crippen molar-refractivity contribution in [3.05, 3.63) is 30.0 Å². The topological polar surface area (TPSA) is 52.1 Å². The molecular weight excluding hydrogens is 292 g/mol. The van der Waals surface area contributed by atoms with Gasteiger partial charge in [-0.1, -0.05) is 0 Å². The van der Waals surface area contributed by atoms with Crippen LogP contribution in [-0.2, 0) is 4.74 Å². The number of hydrogen-bond acceptors (Lipinski definition) is 6. The monoisotopic (exact) mass is 316 g/mol. The Morgan fingerprint density at radius 1 is 1.13 bits per heavy atom. The Labute approximate surface area is 136 Å². The SMILES string of the molecule is ON1CC=C(N2CCC(N3CCOCC3)CC2)c2cccnc21. The summed E-state index contributed by atoms with van der Waals surface area (Å²) in [6, 6.07) is 4.67. The number of anilines is 1. The molecule has 0 unspecified atom stereocenters. The van der Waals surface area contributed by atoms with Crippen molar-refractivity contribution in [1.82, 2.24) is 14.8 Å². The average Bonchev–Trinajstić information content (AvgIpc) is 2.63. The molecule has 3 aliphatic heterocycles. The van der Waals surface area contributed by atoms with Gasteiger partial charge < -0.3 is 9.64 Å². The summed E-state index contributed by atoms with van der Waals surface area (Å²) in [4.78, 5) is 9.35. The van der Waals surface area contributed by atoms with Crippen molar-refractivity contribution in [1.29, 1.82) is 0 Å². The Hall–Kier alpha value is -1.63. The van der Waals surface area contributed by atoms with E-state index in [4.69, 9.17) is 4.74 Å². The van der Waals surface area contributed by atoms with Gasteiger partial charge in [-0.3, -0.25) is 10.1 Å². The molecule has 0 radical (unpaired) electrons. The summed E-state index contributed by atoms with van der Waals surface area (Å²) in [6.07, 6.45) is 6.22. The van der Waals surface area contributed by atoms with Gasteiger partial charge in [0.15, 0.2) is 5.82 Å². The number of fused-ring (bicyclic) bond motifs is 1. The van der Waals surface area contributed by atoms with Crippen LogP contribution in [0.1, 0.15) is 18.4 Å². The smallest absolute Gasteiger partial charge is 0.161 e. The molecular formula is C17H24N4O2. The molecule has 4 heterocycles. The maximum Gasteiger partial charge on any atom is 0.161 e. The minimum absolute atomic E-state index is 0.503. The van der Waals surface area contributed by atoms with Crippen LogP contribution < -0.4 is 5.06 Å². The van der Waals surface area contributed by atoms with E-state index < -0.39 is 0 Å². The predicted octanol–water partition coefficient (Wildman–Crippen LogP) is 1.43. The van der Waals surface area contributed by atoms with Crippen molar-refractivity contribution in [2.75, 3.05) is 51.0 Å². The zero-order valence-electron chi connectivity index (χ0n) is 13.4. The first-order chi connectivity index (χ1) is 11.3. The van der Waals surface area contributed by atoms with Crippen LogP contribution in [0.15, 0.2) is 24.4 Å². The normalized spacial score (nSPS) is 23.6. The standard InChI is InChI=1S/C17H24N4O2/c22-21-9-5-16(15-2-1-6-18-17(15)21)20-7-3-14(4-8-20)19-10-12-23-13-11-19/h1-2,5-6,14,22H,3-4,7-13H2. The van der Waals surface area contributed by atoms with Crippen LogP contribution in [0.3, 0.4) is 0 Å². The predicted molar refractivity (Wildman–Crippen MR) is 88.3 cm³/mol. The van der Waals surface area contributed by atoms with Gasteiger partial charge in [-0.25, -0.2) is 10.0 Å². The third kappa shape index (κ3) is 2.94. The quantitative estimate of drug-likeness (QED) is 0.891. The average molecular weight is 316 g/mol. The van der Waals surface area contributed by atoms with Gasteiger partial charge in [0.05, 0.1) is 19.8 Å². The molecule has 124 valence electrons. The Morgan fingerprint density at radius 2 is 1.91 bits per heavy atom. The Bertz CT molecular complexity index is 578. The van der Waals surface area contributed by atoms with E-state index in [-0.39, 0.29) is 0 Å². The van der Waals surface area contributed by atoms with E-state index in [1.54, 1.807) is 6.20 Å². The van der Waals surface area contributed by atoms with Crippen LogP contribution in [0, 0.1) is 0 Å². The van der Waals surface area contributed by atoms with Crippen molar-refractivity contribution in [3.63, 3.8) is 0 Å². The largest absolute Gasteiger partial charge is 0.379 e. The number of likely N-dealkylation sites (tertiary alicyclic amines) is 1. The van der Waals surface area contributed by atoms with Crippen molar-refractivity contribution < 1.29 is 9.94 Å². The zero-order valence-corrected chi connectivity index (χ0v) is 13.4. The Balaban J connectivity index is 1.44. The summed E-state index contributed by atoms with van der Waals surface area (Å²) in [5, 5.41) is 11.2. The fourth-order valence-corrected chi connectivity index (χ4v) is 3.89. The molecule has 6 heteroatoms. The number of ether oxygens (including phenoxy) is 1. The number of piperidine rings is 1. The molecule has 3 aliphatic rings. The molecule has 0 saturated carbocycles. The van der Waals surface area contributed by atoms with E-state index in [1.165, 1.54) is 23.6 Å². The van der Waals surface area contributed by atoms with E-state index in [9.17, 15) is 5.21 Å². The molecule has 0 spiro atoms. The van der Waals surface area contributed by atoms with Gasteiger partial charge in [0, 0.05) is 49.7 Å². The minimum atomic E-state index is 0.503. The molecule has 0 atom stereocenters. The number of morpholine rings is 1. The highest BCUT2D eigenvalue weighted by molar-refractivity contribution is 5.76. The lowest BCUT2D eigenvalue weighted by atomic mass is 9.99. The maximum atomic E-state index is 9.98. The minimum Gasteiger partial charge on any atom is -0.379 e. The summed E-state index contributed by atoms with van der Waals surface area (Å²) in [5.41, 5.74) is 2.25. The van der Waals surface area contributed by atoms with E-state index in [1.807, 2.05) is 12.1 Å². The van der Waals surface area contributed by atoms with Crippen LogP contribution in [0.4, 0.5) is 5.82 Å². The number of aromatic nitrogens is 1. The third-order valence-corrected chi connectivity index (χ3v) is 5.13. The van der Waals surface area contributed by atoms with Crippen molar-refractivity contribution >= 4 is 11.5 Å². The van der Waals surface area contributed by atoms with Gasteiger partial charge in [-0.05, 0) is 31.1 Å². The first kappa shape index (κ1) is 14.9. The molecule has 1 aromatic rings. The van der Waals surface area contributed by atoms with Crippen molar-refractivity contribution in [2.24, 2.45) is 0 Å². The zero-order chi connectivity index (χ0) is 15.6. The molecule has 1 N–H and O–H groups in total. The second-order valence-corrected chi connectivity index (χ2v) is 6.41. The Kier molecular flexibility index (Phi) is 4.20. The molecule has 0 bridgehead atoms. The highest BCUT2D eigenvalue weighted by atomic mass is 16.5. The number of rotatable bonds is 2. The van der Waals surface area contributed by atoms with Crippen LogP contribution in [-0.4, -0.2) is 72.0 Å². The number of hydroxylamine groups is 1. The summed E-state index contributed by atoms with van der Waals surface area (Å²) < 4.78 is 5.46. The molecule has 2 saturated heterocycles. The van der Waals surface area contributed by atoms with Gasteiger partial charge in [0.1, 0.15) is 0 Å². The number of pyridine rings is 1. The first-order valence-electron chi connectivity index (χ1n) is 8.51. The highest BCUT2D eigenvalue weighted by Crippen LogP contribution is 2.33. The summed E-state index contributed by atoms with van der Waals surface area (Å²) in [7, 11) is 0. The second kappa shape index (κ2) is 6.47. The molecule has 1 aromatic heterocycles. The van der Waals surface area contributed by atoms with Crippen LogP contribution >= 0.6 is 0 Å². The molecule has 6 nitrogen and oxygen atoms in total. The fourth-order valence-electron chi connectivity index (χ4n) is 3.89. The van der Waals surface area contributed by atoms with E-state index in [2.05, 4.69) is 20.9 Å². The fraction of sp³-hybridized carbons (Fsp3) is 0.588. The number of hydrogen-bond donors (Lipinski definition) is 1. The molecule has 4 rings (SSSR count). The van der Waals surface area contributed by atoms with Crippen molar-refractivity contribution in [2.45, 2.75) is 18.9 Å². The second-order valence-electron chi connectivity index (χ2n) is 6.41. The van der Waals surface area contributed by atoms with Gasteiger partial charge in [-0.2, -0.15) is 0 Å². The highest BCUT2D eigenvalue weighted by Gasteiger charge is 2.29. The third-order valence-electron chi connectivity index (χ3n) is 5.13. The maximum absolute atomic E-state index is 9.98. The molecule has 23 heavy (non-hydrogen) atoms. The van der Waals surface area contributed by atoms with E-state index >= 15 is 0 Å². The molecule has 0 amide bonds. The molecule has 0 aliphatic carbocycles. The van der Waals surface area contributed by atoms with Crippen LogP contribution in [0.2, 0.25) is 0 Å². The van der Waals surface area contributed by atoms with Crippen molar-refractivity contribution in [3.8, 4) is 0 Å². The van der Waals surface area contributed by atoms with Crippen LogP contribution in [0.5, 0.6) is 0 Å². The number of nitrogens with zero attached hydrogens (tertiary/aromatic N) is 4. The van der Waals surface area contributed by atoms with E-state index in [0.29, 0.717) is 18.4 Å². The van der Waals surface area contributed by atoms with Gasteiger partial charge >= 0.3 is 0 Å². The lowest BCUT2D eigenvalue weighted by Gasteiger charge is -2.42. The summed E-state index contributed by atoms with van der Waals surface area (Å²) in [6.45, 7) is 6.51. The Morgan fingerprint density at radius 3 is 2.70 bits per heavy atom. The summed E-state index contributed by atoms with van der Waals surface area (Å²) in [5.74, 6) is 0.667.